The Kier molecular flexibility index (Phi) is 6.20. The minimum absolute atomic E-state index is 0.0439. The average molecular weight is 388 g/mol. The SMILES string of the molecule is N[C@@H](CS)CNc1ccc2c(C(=O)N3CCNC(=O)[C@@H]3CO)cccc2c1. The van der Waals surface area contributed by atoms with Gasteiger partial charge < -0.3 is 26.4 Å². The van der Waals surface area contributed by atoms with E-state index in [1.54, 1.807) is 6.07 Å². The highest BCUT2D eigenvalue weighted by molar-refractivity contribution is 7.80. The number of thiol groups is 1. The molecule has 8 heteroatoms. The molecule has 5 N–H and O–H groups in total. The Balaban J connectivity index is 1.88. The summed E-state index contributed by atoms with van der Waals surface area (Å²) >= 11 is 4.18. The Bertz CT molecular complexity index is 845. The van der Waals surface area contributed by atoms with Gasteiger partial charge in [-0.15, -0.1) is 0 Å². The van der Waals surface area contributed by atoms with Gasteiger partial charge in [-0.3, -0.25) is 9.59 Å². The van der Waals surface area contributed by atoms with Crippen LogP contribution in [0.2, 0.25) is 0 Å². The van der Waals surface area contributed by atoms with E-state index in [0.717, 1.165) is 16.5 Å². The Hall–Kier alpha value is -2.29. The summed E-state index contributed by atoms with van der Waals surface area (Å²) < 4.78 is 0. The Morgan fingerprint density at radius 1 is 1.41 bits per heavy atom. The highest BCUT2D eigenvalue weighted by Crippen LogP contribution is 2.25. The van der Waals surface area contributed by atoms with Crippen molar-refractivity contribution in [1.82, 2.24) is 10.2 Å². The molecule has 0 unspecified atom stereocenters. The minimum atomic E-state index is -0.856. The zero-order valence-corrected chi connectivity index (χ0v) is 15.8. The van der Waals surface area contributed by atoms with E-state index in [4.69, 9.17) is 5.73 Å². The molecule has 2 amide bonds. The third-order valence-electron chi connectivity index (χ3n) is 4.68. The molecule has 1 saturated heterocycles. The molecular weight excluding hydrogens is 364 g/mol. The van der Waals surface area contributed by atoms with Crippen LogP contribution in [0, 0.1) is 0 Å². The smallest absolute Gasteiger partial charge is 0.255 e. The van der Waals surface area contributed by atoms with Crippen LogP contribution in [0.5, 0.6) is 0 Å². The number of carbonyl (C=O) groups is 2. The summed E-state index contributed by atoms with van der Waals surface area (Å²) in [5.41, 5.74) is 7.30. The van der Waals surface area contributed by atoms with E-state index in [9.17, 15) is 14.7 Å². The topological polar surface area (TPSA) is 108 Å². The first-order valence-corrected chi connectivity index (χ1v) is 9.51. The van der Waals surface area contributed by atoms with Gasteiger partial charge in [0.1, 0.15) is 6.04 Å². The molecule has 0 aromatic heterocycles. The van der Waals surface area contributed by atoms with Gasteiger partial charge in [0.15, 0.2) is 0 Å². The van der Waals surface area contributed by atoms with Crippen LogP contribution < -0.4 is 16.4 Å². The van der Waals surface area contributed by atoms with Gasteiger partial charge in [0, 0.05) is 42.7 Å². The van der Waals surface area contributed by atoms with Gasteiger partial charge in [0.25, 0.3) is 5.91 Å². The third kappa shape index (κ3) is 4.18. The third-order valence-corrected chi connectivity index (χ3v) is 5.15. The minimum Gasteiger partial charge on any atom is -0.394 e. The zero-order valence-electron chi connectivity index (χ0n) is 14.9. The van der Waals surface area contributed by atoms with Gasteiger partial charge in [-0.25, -0.2) is 0 Å². The van der Waals surface area contributed by atoms with Gasteiger partial charge in [-0.1, -0.05) is 18.2 Å². The van der Waals surface area contributed by atoms with Gasteiger partial charge in [0.05, 0.1) is 6.61 Å². The highest BCUT2D eigenvalue weighted by Gasteiger charge is 2.33. The first-order chi connectivity index (χ1) is 13.0. The number of piperazine rings is 1. The maximum atomic E-state index is 13.1. The molecule has 3 rings (SSSR count). The quantitative estimate of drug-likeness (QED) is 0.462. The summed E-state index contributed by atoms with van der Waals surface area (Å²) in [6.07, 6.45) is 0. The molecule has 0 spiro atoms. The predicted molar refractivity (Wildman–Crippen MR) is 109 cm³/mol. The van der Waals surface area contributed by atoms with Crippen LogP contribution >= 0.6 is 12.6 Å². The molecule has 2 aromatic carbocycles. The number of nitrogens with two attached hydrogens (primary N) is 1. The lowest BCUT2D eigenvalue weighted by atomic mass is 10.0. The number of carbonyl (C=O) groups excluding carboxylic acids is 2. The molecule has 2 aromatic rings. The number of benzene rings is 2. The van der Waals surface area contributed by atoms with Crippen molar-refractivity contribution < 1.29 is 14.7 Å². The molecule has 0 aliphatic carbocycles. The zero-order chi connectivity index (χ0) is 19.4. The van der Waals surface area contributed by atoms with E-state index in [1.165, 1.54) is 4.90 Å². The summed E-state index contributed by atoms with van der Waals surface area (Å²) in [5.74, 6) is 0.00550. The standard InChI is InChI=1S/C19H24N4O3S/c20-13(11-27)9-22-14-4-5-15-12(8-14)2-1-3-16(15)19(26)23-7-6-21-18(25)17(23)10-24/h1-5,8,13,17,22,24,27H,6-7,9-11,20H2,(H,21,25)/t13-,17+/m1/s1. The van der Waals surface area contributed by atoms with Gasteiger partial charge in [-0.05, 0) is 29.0 Å². The van der Waals surface area contributed by atoms with E-state index in [-0.39, 0.29) is 17.9 Å². The van der Waals surface area contributed by atoms with Gasteiger partial charge in [-0.2, -0.15) is 12.6 Å². The lowest BCUT2D eigenvalue weighted by Gasteiger charge is -2.34. The number of aliphatic hydroxyl groups is 1. The van der Waals surface area contributed by atoms with Gasteiger partial charge in [0.2, 0.25) is 5.91 Å². The number of hydrogen-bond donors (Lipinski definition) is 5. The number of aliphatic hydroxyl groups excluding tert-OH is 1. The van der Waals surface area contributed by atoms with Crippen molar-refractivity contribution in [2.45, 2.75) is 12.1 Å². The maximum Gasteiger partial charge on any atom is 0.255 e. The van der Waals surface area contributed by atoms with Crippen LogP contribution in [0.3, 0.4) is 0 Å². The summed E-state index contributed by atoms with van der Waals surface area (Å²) in [4.78, 5) is 26.4. The molecule has 144 valence electrons. The first-order valence-electron chi connectivity index (χ1n) is 8.87. The highest BCUT2D eigenvalue weighted by atomic mass is 32.1. The van der Waals surface area contributed by atoms with E-state index in [2.05, 4.69) is 23.3 Å². The van der Waals surface area contributed by atoms with Gasteiger partial charge >= 0.3 is 0 Å². The number of amides is 2. The first kappa shape index (κ1) is 19.5. The summed E-state index contributed by atoms with van der Waals surface area (Å²) in [6, 6.07) is 10.3. The fourth-order valence-electron chi connectivity index (χ4n) is 3.19. The molecule has 2 atom stereocenters. The molecule has 27 heavy (non-hydrogen) atoms. The van der Waals surface area contributed by atoms with Crippen molar-refractivity contribution >= 4 is 40.9 Å². The number of rotatable bonds is 6. The number of fused-ring (bicyclic) bond motifs is 1. The molecule has 0 radical (unpaired) electrons. The van der Waals surface area contributed by atoms with Crippen molar-refractivity contribution in [1.29, 1.82) is 0 Å². The lowest BCUT2D eigenvalue weighted by Crippen LogP contribution is -2.58. The summed E-state index contributed by atoms with van der Waals surface area (Å²) in [7, 11) is 0. The second kappa shape index (κ2) is 8.60. The molecule has 1 heterocycles. The maximum absolute atomic E-state index is 13.1. The number of nitrogens with zero attached hydrogens (tertiary/aromatic N) is 1. The average Bonchev–Trinajstić information content (AvgIpc) is 2.70. The molecule has 0 bridgehead atoms. The van der Waals surface area contributed by atoms with Crippen molar-refractivity contribution in [3.8, 4) is 0 Å². The Labute approximate surface area is 163 Å². The van der Waals surface area contributed by atoms with Crippen molar-refractivity contribution in [2.24, 2.45) is 5.73 Å². The van der Waals surface area contributed by atoms with E-state index in [0.29, 0.717) is 31.0 Å². The number of anilines is 1. The second-order valence-electron chi connectivity index (χ2n) is 6.55. The fraction of sp³-hybridized carbons (Fsp3) is 0.368. The normalized spacial score (nSPS) is 18.3. The van der Waals surface area contributed by atoms with Crippen LogP contribution in [0.1, 0.15) is 10.4 Å². The van der Waals surface area contributed by atoms with Crippen LogP contribution in [0.25, 0.3) is 10.8 Å². The second-order valence-corrected chi connectivity index (χ2v) is 6.92. The molecule has 1 aliphatic heterocycles. The molecule has 0 saturated carbocycles. The fourth-order valence-corrected chi connectivity index (χ4v) is 3.32. The largest absolute Gasteiger partial charge is 0.394 e. The Morgan fingerprint density at radius 2 is 2.22 bits per heavy atom. The van der Waals surface area contributed by atoms with Crippen LogP contribution in [0.4, 0.5) is 5.69 Å². The Morgan fingerprint density at radius 3 is 2.96 bits per heavy atom. The summed E-state index contributed by atoms with van der Waals surface area (Å²) in [6.45, 7) is 0.954. The monoisotopic (exact) mass is 388 g/mol. The van der Waals surface area contributed by atoms with Crippen LogP contribution in [0.15, 0.2) is 36.4 Å². The van der Waals surface area contributed by atoms with Crippen LogP contribution in [-0.2, 0) is 4.79 Å². The van der Waals surface area contributed by atoms with E-state index >= 15 is 0 Å². The van der Waals surface area contributed by atoms with Crippen LogP contribution in [-0.4, -0.2) is 65.9 Å². The summed E-state index contributed by atoms with van der Waals surface area (Å²) in [5, 5.41) is 17.2. The van der Waals surface area contributed by atoms with Crippen molar-refractivity contribution in [3.05, 3.63) is 42.0 Å². The lowest BCUT2D eigenvalue weighted by molar-refractivity contribution is -0.129. The van der Waals surface area contributed by atoms with E-state index in [1.807, 2.05) is 30.3 Å². The number of nitrogens with one attached hydrogen (secondary N) is 2. The molecule has 7 nitrogen and oxygen atoms in total. The molecule has 1 fully saturated rings. The molecular formula is C19H24N4O3S. The molecule has 1 aliphatic rings. The van der Waals surface area contributed by atoms with Crippen molar-refractivity contribution in [2.75, 3.05) is 37.3 Å². The predicted octanol–water partition coefficient (Wildman–Crippen LogP) is 0.442. The number of hydrogen-bond acceptors (Lipinski definition) is 6. The van der Waals surface area contributed by atoms with Crippen molar-refractivity contribution in [3.63, 3.8) is 0 Å². The van der Waals surface area contributed by atoms with E-state index < -0.39 is 12.6 Å².